The van der Waals surface area contributed by atoms with Gasteiger partial charge in [-0.05, 0) is 12.1 Å². The van der Waals surface area contributed by atoms with E-state index >= 15 is 0 Å². The summed E-state index contributed by atoms with van der Waals surface area (Å²) in [4.78, 5) is 27.7. The van der Waals surface area contributed by atoms with Crippen molar-refractivity contribution < 1.29 is 14.0 Å². The highest BCUT2D eigenvalue weighted by atomic mass is 32.2. The minimum atomic E-state index is -0.419. The van der Waals surface area contributed by atoms with Gasteiger partial charge in [-0.15, -0.1) is 0 Å². The SMILES string of the molecule is NC(=O)CSc1nc(-c2ccccc2)c(NC(=O)c2ccco2)s1. The molecule has 0 spiro atoms. The van der Waals surface area contributed by atoms with Crippen LogP contribution in [0.15, 0.2) is 57.5 Å². The summed E-state index contributed by atoms with van der Waals surface area (Å²) < 4.78 is 5.76. The van der Waals surface area contributed by atoms with Gasteiger partial charge in [-0.1, -0.05) is 53.4 Å². The van der Waals surface area contributed by atoms with E-state index in [1.165, 1.54) is 29.4 Å². The monoisotopic (exact) mass is 359 g/mol. The molecule has 2 heterocycles. The number of benzene rings is 1. The lowest BCUT2D eigenvalue weighted by molar-refractivity contribution is -0.115. The summed E-state index contributed by atoms with van der Waals surface area (Å²) in [6, 6.07) is 12.7. The molecule has 3 aromatic rings. The van der Waals surface area contributed by atoms with Gasteiger partial charge < -0.3 is 15.5 Å². The van der Waals surface area contributed by atoms with Crippen LogP contribution in [-0.2, 0) is 4.79 Å². The lowest BCUT2D eigenvalue weighted by Gasteiger charge is -2.03. The molecule has 0 saturated heterocycles. The first-order chi connectivity index (χ1) is 11.6. The molecule has 0 unspecified atom stereocenters. The Kier molecular flexibility index (Phi) is 4.97. The van der Waals surface area contributed by atoms with Gasteiger partial charge >= 0.3 is 0 Å². The van der Waals surface area contributed by atoms with Crippen molar-refractivity contribution in [2.75, 3.05) is 11.1 Å². The molecule has 0 aliphatic carbocycles. The van der Waals surface area contributed by atoms with E-state index in [1.54, 1.807) is 12.1 Å². The van der Waals surface area contributed by atoms with Crippen molar-refractivity contribution in [3.8, 4) is 11.3 Å². The lowest BCUT2D eigenvalue weighted by atomic mass is 10.2. The molecule has 122 valence electrons. The average molecular weight is 359 g/mol. The standard InChI is InChI=1S/C16H13N3O3S2/c17-12(20)9-23-16-18-13(10-5-2-1-3-6-10)15(24-16)19-14(21)11-7-4-8-22-11/h1-8H,9H2,(H2,17,20)(H,19,21). The van der Waals surface area contributed by atoms with Gasteiger partial charge in [-0.25, -0.2) is 4.98 Å². The molecular weight excluding hydrogens is 346 g/mol. The van der Waals surface area contributed by atoms with Crippen LogP contribution in [0.25, 0.3) is 11.3 Å². The summed E-state index contributed by atoms with van der Waals surface area (Å²) in [5, 5.41) is 3.41. The number of rotatable bonds is 6. The molecule has 0 radical (unpaired) electrons. The maximum absolute atomic E-state index is 12.2. The minimum Gasteiger partial charge on any atom is -0.459 e. The Morgan fingerprint density at radius 1 is 1.21 bits per heavy atom. The Hall–Kier alpha value is -2.58. The van der Waals surface area contributed by atoms with Crippen LogP contribution in [0.3, 0.4) is 0 Å². The van der Waals surface area contributed by atoms with Crippen LogP contribution in [0.4, 0.5) is 5.00 Å². The van der Waals surface area contributed by atoms with Gasteiger partial charge in [-0.2, -0.15) is 0 Å². The average Bonchev–Trinajstić information content (AvgIpc) is 3.23. The summed E-state index contributed by atoms with van der Waals surface area (Å²) in [6.45, 7) is 0. The first kappa shape index (κ1) is 16.3. The third kappa shape index (κ3) is 3.84. The number of primary amides is 1. The van der Waals surface area contributed by atoms with E-state index in [4.69, 9.17) is 10.2 Å². The van der Waals surface area contributed by atoms with Crippen molar-refractivity contribution in [2.45, 2.75) is 4.34 Å². The maximum atomic E-state index is 12.2. The van der Waals surface area contributed by atoms with Crippen LogP contribution in [0.5, 0.6) is 0 Å². The second kappa shape index (κ2) is 7.33. The number of thioether (sulfide) groups is 1. The normalized spacial score (nSPS) is 10.5. The van der Waals surface area contributed by atoms with Gasteiger partial charge in [0.2, 0.25) is 5.91 Å². The second-order valence-corrected chi connectivity index (χ2v) is 6.93. The summed E-state index contributed by atoms with van der Waals surface area (Å²) in [7, 11) is 0. The van der Waals surface area contributed by atoms with E-state index in [2.05, 4.69) is 10.3 Å². The van der Waals surface area contributed by atoms with Crippen LogP contribution in [0.2, 0.25) is 0 Å². The zero-order valence-corrected chi connectivity index (χ0v) is 14.0. The molecule has 2 aromatic heterocycles. The largest absolute Gasteiger partial charge is 0.459 e. The number of anilines is 1. The molecule has 0 saturated carbocycles. The molecule has 3 rings (SSSR count). The van der Waals surface area contributed by atoms with Crippen molar-refractivity contribution in [2.24, 2.45) is 5.73 Å². The molecule has 3 N–H and O–H groups in total. The number of furan rings is 1. The first-order valence-electron chi connectivity index (χ1n) is 6.95. The fraction of sp³-hybridized carbons (Fsp3) is 0.0625. The zero-order chi connectivity index (χ0) is 16.9. The molecule has 0 aliphatic heterocycles. The van der Waals surface area contributed by atoms with Crippen molar-refractivity contribution in [3.05, 3.63) is 54.5 Å². The van der Waals surface area contributed by atoms with Gasteiger partial charge in [0.25, 0.3) is 5.91 Å². The maximum Gasteiger partial charge on any atom is 0.292 e. The molecule has 24 heavy (non-hydrogen) atoms. The van der Waals surface area contributed by atoms with Crippen LogP contribution in [0.1, 0.15) is 10.6 Å². The fourth-order valence-corrected chi connectivity index (χ4v) is 3.74. The number of amides is 2. The smallest absolute Gasteiger partial charge is 0.292 e. The van der Waals surface area contributed by atoms with Crippen LogP contribution in [0, 0.1) is 0 Å². The van der Waals surface area contributed by atoms with E-state index in [-0.39, 0.29) is 17.4 Å². The highest BCUT2D eigenvalue weighted by Crippen LogP contribution is 2.37. The molecule has 1 aromatic carbocycles. The Labute approximate surface area is 146 Å². The highest BCUT2D eigenvalue weighted by Gasteiger charge is 2.18. The Morgan fingerprint density at radius 3 is 2.67 bits per heavy atom. The third-order valence-electron chi connectivity index (χ3n) is 2.96. The first-order valence-corrected chi connectivity index (χ1v) is 8.76. The number of thiazole rings is 1. The molecule has 0 atom stereocenters. The number of nitrogens with two attached hydrogens (primary N) is 1. The predicted molar refractivity (Wildman–Crippen MR) is 94.1 cm³/mol. The van der Waals surface area contributed by atoms with Gasteiger partial charge in [-0.3, -0.25) is 9.59 Å². The number of carbonyl (C=O) groups excluding carboxylic acids is 2. The lowest BCUT2D eigenvalue weighted by Crippen LogP contribution is -2.12. The summed E-state index contributed by atoms with van der Waals surface area (Å²) in [5.41, 5.74) is 6.69. The van der Waals surface area contributed by atoms with Crippen LogP contribution < -0.4 is 11.1 Å². The number of hydrogen-bond donors (Lipinski definition) is 2. The van der Waals surface area contributed by atoms with Gasteiger partial charge in [0.05, 0.1) is 12.0 Å². The van der Waals surface area contributed by atoms with Gasteiger partial charge in [0.1, 0.15) is 10.7 Å². The number of nitrogens with zero attached hydrogens (tertiary/aromatic N) is 1. The number of hydrogen-bond acceptors (Lipinski definition) is 6. The number of carbonyl (C=O) groups is 2. The number of nitrogens with one attached hydrogen (secondary N) is 1. The molecule has 0 fully saturated rings. The van der Waals surface area contributed by atoms with Crippen LogP contribution in [-0.4, -0.2) is 22.6 Å². The fourth-order valence-electron chi connectivity index (χ4n) is 1.94. The van der Waals surface area contributed by atoms with E-state index in [1.807, 2.05) is 30.3 Å². The highest BCUT2D eigenvalue weighted by molar-refractivity contribution is 8.01. The Balaban J connectivity index is 1.90. The van der Waals surface area contributed by atoms with Crippen LogP contribution >= 0.6 is 23.1 Å². The van der Waals surface area contributed by atoms with E-state index in [0.717, 1.165) is 5.56 Å². The third-order valence-corrected chi connectivity index (χ3v) is 5.10. The van der Waals surface area contributed by atoms with E-state index in [0.29, 0.717) is 15.0 Å². The minimum absolute atomic E-state index is 0.132. The van der Waals surface area contributed by atoms with Crippen molar-refractivity contribution in [1.29, 1.82) is 0 Å². The number of aromatic nitrogens is 1. The van der Waals surface area contributed by atoms with Crippen molar-refractivity contribution >= 4 is 39.9 Å². The topological polar surface area (TPSA) is 98.2 Å². The molecule has 0 bridgehead atoms. The molecule has 0 aliphatic rings. The summed E-state index contributed by atoms with van der Waals surface area (Å²) in [6.07, 6.45) is 1.44. The Morgan fingerprint density at radius 2 is 2.00 bits per heavy atom. The predicted octanol–water partition coefficient (Wildman–Crippen LogP) is 3.23. The van der Waals surface area contributed by atoms with Gasteiger partial charge in [0, 0.05) is 5.56 Å². The quantitative estimate of drug-likeness (QED) is 0.659. The van der Waals surface area contributed by atoms with Crippen molar-refractivity contribution in [3.63, 3.8) is 0 Å². The summed E-state index contributed by atoms with van der Waals surface area (Å²) in [5.74, 6) is -0.425. The molecule has 2 amide bonds. The van der Waals surface area contributed by atoms with E-state index in [9.17, 15) is 9.59 Å². The Bertz CT molecular complexity index is 845. The van der Waals surface area contributed by atoms with Gasteiger partial charge in [0.15, 0.2) is 10.1 Å². The van der Waals surface area contributed by atoms with Crippen molar-refractivity contribution in [1.82, 2.24) is 4.98 Å². The molecule has 6 nitrogen and oxygen atoms in total. The second-order valence-electron chi connectivity index (χ2n) is 4.71. The summed E-state index contributed by atoms with van der Waals surface area (Å²) >= 11 is 2.53. The molecular formula is C16H13N3O3S2. The van der Waals surface area contributed by atoms with E-state index < -0.39 is 5.91 Å². The molecule has 8 heteroatoms. The zero-order valence-electron chi connectivity index (χ0n) is 12.4.